The highest BCUT2D eigenvalue weighted by Crippen LogP contribution is 2.26. The van der Waals surface area contributed by atoms with Crippen molar-refractivity contribution in [3.63, 3.8) is 0 Å². The van der Waals surface area contributed by atoms with E-state index in [1.165, 1.54) is 30.3 Å². The lowest BCUT2D eigenvalue weighted by atomic mass is 10.1. The zero-order valence-corrected chi connectivity index (χ0v) is 17.2. The highest BCUT2D eigenvalue weighted by Gasteiger charge is 2.37. The van der Waals surface area contributed by atoms with E-state index in [2.05, 4.69) is 5.32 Å². The number of aromatic carboxylic acids is 1. The fourth-order valence-electron chi connectivity index (χ4n) is 3.27. The molecule has 3 aromatic carbocycles. The number of carbonyl (C=O) groups is 4. The monoisotopic (exact) mass is 442 g/mol. The number of benzene rings is 3. The van der Waals surface area contributed by atoms with E-state index in [1.807, 2.05) is 30.3 Å². The van der Waals surface area contributed by atoms with Crippen molar-refractivity contribution in [2.75, 3.05) is 4.90 Å². The summed E-state index contributed by atoms with van der Waals surface area (Å²) in [6, 6.07) is 20.7. The van der Waals surface area contributed by atoms with Gasteiger partial charge in [-0.2, -0.15) is 0 Å². The van der Waals surface area contributed by atoms with Gasteiger partial charge in [0, 0.05) is 5.56 Å². The average molecular weight is 442 g/mol. The highest BCUT2D eigenvalue weighted by atomic mass is 16.5. The fourth-order valence-corrected chi connectivity index (χ4v) is 3.27. The lowest BCUT2D eigenvalue weighted by Crippen LogP contribution is -2.54. The van der Waals surface area contributed by atoms with Crippen LogP contribution in [0.4, 0.5) is 10.5 Å². The summed E-state index contributed by atoms with van der Waals surface area (Å²) in [6.45, 7) is 0.293. The van der Waals surface area contributed by atoms with Crippen molar-refractivity contribution in [1.29, 1.82) is 0 Å². The zero-order chi connectivity index (χ0) is 23.4. The molecule has 0 atom stereocenters. The van der Waals surface area contributed by atoms with Crippen LogP contribution in [0.3, 0.4) is 0 Å². The van der Waals surface area contributed by atoms with Crippen molar-refractivity contribution in [3.8, 4) is 5.75 Å². The molecule has 1 heterocycles. The summed E-state index contributed by atoms with van der Waals surface area (Å²) in [5, 5.41) is 11.2. The Morgan fingerprint density at radius 1 is 0.909 bits per heavy atom. The van der Waals surface area contributed by atoms with Gasteiger partial charge in [-0.3, -0.25) is 14.9 Å². The SMILES string of the molecule is O=C1NC(=O)N(c2ccc(C(=O)O)cc2)C(=O)/C1=C/c1ccccc1OCc1ccccc1. The number of ether oxygens (including phenoxy) is 1. The van der Waals surface area contributed by atoms with Crippen LogP contribution in [0.2, 0.25) is 0 Å². The van der Waals surface area contributed by atoms with E-state index in [9.17, 15) is 19.2 Å². The number of nitrogens with one attached hydrogen (secondary N) is 1. The van der Waals surface area contributed by atoms with Crippen molar-refractivity contribution < 1.29 is 29.0 Å². The maximum absolute atomic E-state index is 13.1. The Morgan fingerprint density at radius 3 is 2.27 bits per heavy atom. The van der Waals surface area contributed by atoms with Crippen LogP contribution in [0.5, 0.6) is 5.75 Å². The van der Waals surface area contributed by atoms with E-state index in [0.29, 0.717) is 17.9 Å². The van der Waals surface area contributed by atoms with Crippen molar-refractivity contribution in [1.82, 2.24) is 5.32 Å². The number of anilines is 1. The molecule has 1 aliphatic rings. The molecule has 1 fully saturated rings. The Labute approximate surface area is 188 Å². The molecule has 3 aromatic rings. The molecular formula is C25H18N2O6. The van der Waals surface area contributed by atoms with Gasteiger partial charge in [-0.05, 0) is 42.0 Å². The third kappa shape index (κ3) is 4.64. The molecule has 0 bridgehead atoms. The quantitative estimate of drug-likeness (QED) is 0.445. The molecule has 1 aliphatic heterocycles. The Morgan fingerprint density at radius 2 is 1.58 bits per heavy atom. The van der Waals surface area contributed by atoms with E-state index in [-0.39, 0.29) is 16.8 Å². The van der Waals surface area contributed by atoms with Gasteiger partial charge in [-0.25, -0.2) is 14.5 Å². The minimum Gasteiger partial charge on any atom is -0.488 e. The maximum atomic E-state index is 13.1. The summed E-state index contributed by atoms with van der Waals surface area (Å²) in [4.78, 5) is 49.8. The number of hydrogen-bond donors (Lipinski definition) is 2. The molecule has 33 heavy (non-hydrogen) atoms. The molecule has 0 radical (unpaired) electrons. The second-order valence-electron chi connectivity index (χ2n) is 7.12. The molecule has 8 heteroatoms. The molecule has 164 valence electrons. The Hall–Kier alpha value is -4.72. The molecule has 4 rings (SSSR count). The van der Waals surface area contributed by atoms with Crippen LogP contribution < -0.4 is 15.0 Å². The van der Waals surface area contributed by atoms with Crippen LogP contribution in [0.1, 0.15) is 21.5 Å². The first-order valence-corrected chi connectivity index (χ1v) is 9.94. The van der Waals surface area contributed by atoms with Gasteiger partial charge in [0.2, 0.25) is 0 Å². The number of rotatable bonds is 6. The van der Waals surface area contributed by atoms with E-state index < -0.39 is 23.8 Å². The number of carboxylic acid groups (broad SMARTS) is 1. The molecule has 4 amide bonds. The molecule has 0 aliphatic carbocycles. The smallest absolute Gasteiger partial charge is 0.335 e. The number of amides is 4. The van der Waals surface area contributed by atoms with Crippen LogP contribution in [-0.4, -0.2) is 28.9 Å². The molecule has 1 saturated heterocycles. The predicted octanol–water partition coefficient (Wildman–Crippen LogP) is 3.63. The molecule has 0 aromatic heterocycles. The summed E-state index contributed by atoms with van der Waals surface area (Å²) in [6.07, 6.45) is 1.36. The molecular weight excluding hydrogens is 424 g/mol. The lowest BCUT2D eigenvalue weighted by molar-refractivity contribution is -0.122. The van der Waals surface area contributed by atoms with E-state index in [4.69, 9.17) is 9.84 Å². The van der Waals surface area contributed by atoms with Gasteiger partial charge in [0.05, 0.1) is 11.3 Å². The maximum Gasteiger partial charge on any atom is 0.335 e. The second kappa shape index (κ2) is 9.19. The number of hydrogen-bond acceptors (Lipinski definition) is 5. The first-order chi connectivity index (χ1) is 15.9. The Bertz CT molecular complexity index is 1270. The summed E-state index contributed by atoms with van der Waals surface area (Å²) in [7, 11) is 0. The average Bonchev–Trinajstić information content (AvgIpc) is 2.82. The number of nitrogens with zero attached hydrogens (tertiary/aromatic N) is 1. The third-order valence-electron chi connectivity index (χ3n) is 4.93. The van der Waals surface area contributed by atoms with Crippen LogP contribution >= 0.6 is 0 Å². The third-order valence-corrected chi connectivity index (χ3v) is 4.93. The first-order valence-electron chi connectivity index (χ1n) is 9.94. The number of carboxylic acids is 1. The predicted molar refractivity (Wildman–Crippen MR) is 120 cm³/mol. The Kier molecular flexibility index (Phi) is 5.99. The summed E-state index contributed by atoms with van der Waals surface area (Å²) < 4.78 is 5.88. The topological polar surface area (TPSA) is 113 Å². The lowest BCUT2D eigenvalue weighted by Gasteiger charge is -2.26. The van der Waals surface area contributed by atoms with Gasteiger partial charge in [-0.15, -0.1) is 0 Å². The largest absolute Gasteiger partial charge is 0.488 e. The van der Waals surface area contributed by atoms with E-state index in [0.717, 1.165) is 10.5 Å². The first kappa shape index (κ1) is 21.5. The van der Waals surface area contributed by atoms with Crippen molar-refractivity contribution >= 4 is 35.6 Å². The van der Waals surface area contributed by atoms with Gasteiger partial charge in [0.25, 0.3) is 11.8 Å². The minimum atomic E-state index is -1.14. The van der Waals surface area contributed by atoms with Crippen LogP contribution in [0.15, 0.2) is 84.4 Å². The zero-order valence-electron chi connectivity index (χ0n) is 17.2. The van der Waals surface area contributed by atoms with Gasteiger partial charge in [0.15, 0.2) is 0 Å². The molecule has 0 saturated carbocycles. The number of para-hydroxylation sites is 1. The van der Waals surface area contributed by atoms with Crippen LogP contribution in [0, 0.1) is 0 Å². The van der Waals surface area contributed by atoms with Gasteiger partial charge in [-0.1, -0.05) is 48.5 Å². The number of imide groups is 2. The van der Waals surface area contributed by atoms with Crippen molar-refractivity contribution in [2.24, 2.45) is 0 Å². The normalized spacial score (nSPS) is 14.8. The van der Waals surface area contributed by atoms with Gasteiger partial charge >= 0.3 is 12.0 Å². The minimum absolute atomic E-state index is 0.0000456. The summed E-state index contributed by atoms with van der Waals surface area (Å²) in [5.74, 6) is -2.34. The number of carbonyl (C=O) groups excluding carboxylic acids is 3. The van der Waals surface area contributed by atoms with Gasteiger partial charge in [0.1, 0.15) is 17.9 Å². The van der Waals surface area contributed by atoms with Crippen molar-refractivity contribution in [2.45, 2.75) is 6.61 Å². The molecule has 0 unspecified atom stereocenters. The summed E-state index contributed by atoms with van der Waals surface area (Å²) in [5.41, 5.74) is 1.32. The highest BCUT2D eigenvalue weighted by molar-refractivity contribution is 6.39. The van der Waals surface area contributed by atoms with Crippen LogP contribution in [-0.2, 0) is 16.2 Å². The second-order valence-corrected chi connectivity index (χ2v) is 7.12. The number of barbiturate groups is 1. The fraction of sp³-hybridized carbons (Fsp3) is 0.0400. The molecule has 2 N–H and O–H groups in total. The van der Waals surface area contributed by atoms with E-state index >= 15 is 0 Å². The van der Waals surface area contributed by atoms with Crippen LogP contribution in [0.25, 0.3) is 6.08 Å². The summed E-state index contributed by atoms with van der Waals surface area (Å²) >= 11 is 0. The molecule has 0 spiro atoms. The molecule has 8 nitrogen and oxygen atoms in total. The van der Waals surface area contributed by atoms with Crippen molar-refractivity contribution in [3.05, 3.63) is 101 Å². The van der Waals surface area contributed by atoms with Gasteiger partial charge < -0.3 is 9.84 Å². The Balaban J connectivity index is 1.63. The standard InChI is InChI=1S/C25H18N2O6/c28-22-20(14-18-8-4-5-9-21(18)33-15-16-6-2-1-3-7-16)23(29)27(25(32)26-22)19-12-10-17(11-13-19)24(30)31/h1-14H,15H2,(H,30,31)(H,26,28,32)/b20-14+. The van der Waals surface area contributed by atoms with E-state index in [1.54, 1.807) is 24.3 Å². The number of urea groups is 1.